The number of ether oxygens (including phenoxy) is 1. The van der Waals surface area contributed by atoms with E-state index in [4.69, 9.17) is 4.74 Å². The molecule has 1 atom stereocenters. The summed E-state index contributed by atoms with van der Waals surface area (Å²) >= 11 is 0. The van der Waals surface area contributed by atoms with Crippen LogP contribution in [0.1, 0.15) is 31.2 Å². The van der Waals surface area contributed by atoms with Gasteiger partial charge in [-0.2, -0.15) is 0 Å². The van der Waals surface area contributed by atoms with Gasteiger partial charge in [-0.3, -0.25) is 9.80 Å². The third-order valence-corrected chi connectivity index (χ3v) is 7.26. The summed E-state index contributed by atoms with van der Waals surface area (Å²) < 4.78 is 5.57. The van der Waals surface area contributed by atoms with Gasteiger partial charge in [-0.1, -0.05) is 42.5 Å². The molecule has 2 aliphatic rings. The minimum absolute atomic E-state index is 0.278. The number of rotatable bonds is 9. The van der Waals surface area contributed by atoms with E-state index in [-0.39, 0.29) is 6.61 Å². The molecule has 0 amide bonds. The topological polar surface area (TPSA) is 39.2 Å². The summed E-state index contributed by atoms with van der Waals surface area (Å²) in [6, 6.07) is 20.3. The maximum Gasteiger partial charge on any atom is 0.142 e. The molecule has 2 saturated heterocycles. The SMILES string of the molecule is COc1ccccc1N1CCC(N2CCN(CCCc3ccccc3)[C@@H](CCO)C2)CC1. The van der Waals surface area contributed by atoms with Crippen molar-refractivity contribution in [3.05, 3.63) is 60.2 Å². The fourth-order valence-electron chi connectivity index (χ4n) is 5.46. The summed E-state index contributed by atoms with van der Waals surface area (Å²) in [7, 11) is 1.76. The summed E-state index contributed by atoms with van der Waals surface area (Å²) in [5.74, 6) is 0.970. The lowest BCUT2D eigenvalue weighted by Gasteiger charge is -2.47. The highest BCUT2D eigenvalue weighted by Crippen LogP contribution is 2.31. The van der Waals surface area contributed by atoms with E-state index in [1.807, 2.05) is 6.07 Å². The maximum absolute atomic E-state index is 9.68. The van der Waals surface area contributed by atoms with Gasteiger partial charge in [-0.15, -0.1) is 0 Å². The second-order valence-electron chi connectivity index (χ2n) is 9.18. The molecule has 0 unspecified atom stereocenters. The number of hydrogen-bond acceptors (Lipinski definition) is 5. The lowest BCUT2D eigenvalue weighted by molar-refractivity contribution is 0.0294. The Labute approximate surface area is 193 Å². The summed E-state index contributed by atoms with van der Waals surface area (Å²) in [5, 5.41) is 9.68. The zero-order valence-electron chi connectivity index (χ0n) is 19.5. The molecule has 2 fully saturated rings. The van der Waals surface area contributed by atoms with Gasteiger partial charge in [-0.25, -0.2) is 0 Å². The van der Waals surface area contributed by atoms with Crippen molar-refractivity contribution in [3.8, 4) is 5.75 Å². The predicted molar refractivity (Wildman–Crippen MR) is 132 cm³/mol. The first-order chi connectivity index (χ1) is 15.8. The van der Waals surface area contributed by atoms with Crippen LogP contribution < -0.4 is 9.64 Å². The Morgan fingerprint density at radius 2 is 1.69 bits per heavy atom. The number of hydrogen-bond donors (Lipinski definition) is 1. The Bertz CT molecular complexity index is 808. The van der Waals surface area contributed by atoms with Crippen molar-refractivity contribution in [2.45, 2.75) is 44.2 Å². The normalized spacial score (nSPS) is 21.1. The molecule has 1 N–H and O–H groups in total. The van der Waals surface area contributed by atoms with Gasteiger partial charge in [0.1, 0.15) is 5.75 Å². The average molecular weight is 438 g/mol. The number of para-hydroxylation sites is 2. The van der Waals surface area contributed by atoms with Gasteiger partial charge in [0.15, 0.2) is 0 Å². The van der Waals surface area contributed by atoms with Crippen LogP contribution in [0.5, 0.6) is 5.75 Å². The monoisotopic (exact) mass is 437 g/mol. The molecule has 4 rings (SSSR count). The lowest BCUT2D eigenvalue weighted by atomic mass is 9.98. The highest BCUT2D eigenvalue weighted by atomic mass is 16.5. The van der Waals surface area contributed by atoms with E-state index in [0.29, 0.717) is 12.1 Å². The van der Waals surface area contributed by atoms with E-state index >= 15 is 0 Å². The molecule has 2 aliphatic heterocycles. The number of benzene rings is 2. The van der Waals surface area contributed by atoms with Crippen molar-refractivity contribution in [2.75, 3.05) is 57.9 Å². The quantitative estimate of drug-likeness (QED) is 0.648. The van der Waals surface area contributed by atoms with E-state index in [2.05, 4.69) is 63.2 Å². The van der Waals surface area contributed by atoms with Crippen LogP contribution in [0.4, 0.5) is 5.69 Å². The standard InChI is InChI=1S/C27H39N3O2/c1-32-27-12-6-5-11-26(27)29-17-13-24(14-18-29)30-20-19-28(25(22-30)15-21-31)16-7-10-23-8-3-2-4-9-23/h2-6,8-9,11-12,24-25,31H,7,10,13-22H2,1H3/t25-/m0/s1. The second-order valence-corrected chi connectivity index (χ2v) is 9.18. The molecule has 0 radical (unpaired) electrons. The fraction of sp³-hybridized carbons (Fsp3) is 0.556. The third-order valence-electron chi connectivity index (χ3n) is 7.26. The molecule has 0 aromatic heterocycles. The van der Waals surface area contributed by atoms with Crippen molar-refractivity contribution in [1.29, 1.82) is 0 Å². The van der Waals surface area contributed by atoms with Crippen LogP contribution in [-0.4, -0.2) is 80.0 Å². The van der Waals surface area contributed by atoms with Crippen LogP contribution >= 0.6 is 0 Å². The Morgan fingerprint density at radius 1 is 0.938 bits per heavy atom. The van der Waals surface area contributed by atoms with Crippen molar-refractivity contribution in [2.24, 2.45) is 0 Å². The van der Waals surface area contributed by atoms with Crippen LogP contribution in [-0.2, 0) is 6.42 Å². The Balaban J connectivity index is 1.27. The van der Waals surface area contributed by atoms with E-state index in [9.17, 15) is 5.11 Å². The zero-order valence-corrected chi connectivity index (χ0v) is 19.5. The Morgan fingerprint density at radius 3 is 2.44 bits per heavy atom. The molecule has 2 aromatic carbocycles. The van der Waals surface area contributed by atoms with E-state index < -0.39 is 0 Å². The first kappa shape index (κ1) is 23.1. The second kappa shape index (κ2) is 11.7. The maximum atomic E-state index is 9.68. The van der Waals surface area contributed by atoms with Gasteiger partial charge < -0.3 is 14.7 Å². The number of aryl methyl sites for hydroxylation is 1. The van der Waals surface area contributed by atoms with Gasteiger partial charge in [0.2, 0.25) is 0 Å². The van der Waals surface area contributed by atoms with Crippen LogP contribution in [0.25, 0.3) is 0 Å². The highest BCUT2D eigenvalue weighted by molar-refractivity contribution is 5.58. The highest BCUT2D eigenvalue weighted by Gasteiger charge is 2.32. The molecule has 2 aromatic rings. The van der Waals surface area contributed by atoms with Gasteiger partial charge in [0, 0.05) is 51.4 Å². The predicted octanol–water partition coefficient (Wildman–Crippen LogP) is 3.67. The molecule has 0 saturated carbocycles. The molecule has 5 heteroatoms. The number of methoxy groups -OCH3 is 1. The molecular formula is C27H39N3O2. The average Bonchev–Trinajstić information content (AvgIpc) is 2.86. The van der Waals surface area contributed by atoms with E-state index in [1.165, 1.54) is 30.5 Å². The van der Waals surface area contributed by atoms with Crippen LogP contribution in [0.3, 0.4) is 0 Å². The Hall–Kier alpha value is -2.08. The number of piperidine rings is 1. The number of aliphatic hydroxyl groups excluding tert-OH is 1. The summed E-state index contributed by atoms with van der Waals surface area (Å²) in [4.78, 5) is 7.80. The molecule has 0 aliphatic carbocycles. The third kappa shape index (κ3) is 5.83. The van der Waals surface area contributed by atoms with E-state index in [1.54, 1.807) is 7.11 Å². The van der Waals surface area contributed by atoms with Crippen molar-refractivity contribution < 1.29 is 9.84 Å². The summed E-state index contributed by atoms with van der Waals surface area (Å²) in [6.45, 7) is 6.91. The minimum Gasteiger partial charge on any atom is -0.495 e. The van der Waals surface area contributed by atoms with Crippen molar-refractivity contribution in [3.63, 3.8) is 0 Å². The molecule has 32 heavy (non-hydrogen) atoms. The molecule has 2 heterocycles. The van der Waals surface area contributed by atoms with Crippen LogP contribution in [0.15, 0.2) is 54.6 Å². The molecule has 5 nitrogen and oxygen atoms in total. The van der Waals surface area contributed by atoms with Crippen LogP contribution in [0.2, 0.25) is 0 Å². The number of aliphatic hydroxyl groups is 1. The lowest BCUT2D eigenvalue weighted by Crippen LogP contribution is -2.57. The number of anilines is 1. The van der Waals surface area contributed by atoms with Gasteiger partial charge in [0.05, 0.1) is 12.8 Å². The van der Waals surface area contributed by atoms with Gasteiger partial charge in [-0.05, 0) is 56.3 Å². The van der Waals surface area contributed by atoms with Crippen LogP contribution in [0, 0.1) is 0 Å². The minimum atomic E-state index is 0.278. The molecule has 0 bridgehead atoms. The first-order valence-corrected chi connectivity index (χ1v) is 12.3. The number of nitrogens with zero attached hydrogens (tertiary/aromatic N) is 3. The van der Waals surface area contributed by atoms with Crippen molar-refractivity contribution in [1.82, 2.24) is 9.80 Å². The van der Waals surface area contributed by atoms with Gasteiger partial charge in [0.25, 0.3) is 0 Å². The number of piperazine rings is 1. The van der Waals surface area contributed by atoms with Crippen molar-refractivity contribution >= 4 is 5.69 Å². The van der Waals surface area contributed by atoms with E-state index in [0.717, 1.165) is 57.9 Å². The smallest absolute Gasteiger partial charge is 0.142 e. The summed E-state index contributed by atoms with van der Waals surface area (Å²) in [6.07, 6.45) is 5.58. The molecule has 174 valence electrons. The largest absolute Gasteiger partial charge is 0.495 e. The Kier molecular flexibility index (Phi) is 8.43. The first-order valence-electron chi connectivity index (χ1n) is 12.3. The molecular weight excluding hydrogens is 398 g/mol. The zero-order chi connectivity index (χ0) is 22.2. The summed E-state index contributed by atoms with van der Waals surface area (Å²) in [5.41, 5.74) is 2.64. The van der Waals surface area contributed by atoms with Gasteiger partial charge >= 0.3 is 0 Å². The molecule has 0 spiro atoms. The fourth-order valence-corrected chi connectivity index (χ4v) is 5.46.